The van der Waals surface area contributed by atoms with Crippen molar-refractivity contribution in [2.24, 2.45) is 0 Å². The number of hydrogen-bond acceptors (Lipinski definition) is 8. The maximum atomic E-state index is 11.1. The van der Waals surface area contributed by atoms with Gasteiger partial charge in [0.15, 0.2) is 35.7 Å². The van der Waals surface area contributed by atoms with Crippen LogP contribution in [0.25, 0.3) is 22.0 Å². The van der Waals surface area contributed by atoms with E-state index in [2.05, 4.69) is 32.6 Å². The molecule has 1 saturated heterocycles. The third kappa shape index (κ3) is 4.12. The Morgan fingerprint density at radius 1 is 1.02 bits per heavy atom. The van der Waals surface area contributed by atoms with Crippen molar-refractivity contribution < 1.29 is 28.8 Å². The van der Waals surface area contributed by atoms with Crippen LogP contribution < -0.4 is 23.7 Å². The van der Waals surface area contributed by atoms with E-state index < -0.39 is 0 Å². The molecular weight excluding hydrogens is 512 g/mol. The number of hydrogen-bond donors (Lipinski definition) is 1. The van der Waals surface area contributed by atoms with Crippen LogP contribution in [0.2, 0.25) is 0 Å². The Balaban J connectivity index is 1.19. The second kappa shape index (κ2) is 9.56. The number of benzene rings is 3. The highest BCUT2D eigenvalue weighted by molar-refractivity contribution is 5.94. The van der Waals surface area contributed by atoms with Crippen LogP contribution in [0.5, 0.6) is 23.0 Å². The Morgan fingerprint density at radius 2 is 1.77 bits per heavy atom. The van der Waals surface area contributed by atoms with Crippen molar-refractivity contribution in [2.45, 2.75) is 19.5 Å². The summed E-state index contributed by atoms with van der Waals surface area (Å²) in [6.07, 6.45) is 2.90. The van der Waals surface area contributed by atoms with Crippen molar-refractivity contribution in [3.63, 3.8) is 0 Å². The molecule has 1 N–H and O–H groups in total. The van der Waals surface area contributed by atoms with Gasteiger partial charge in [0, 0.05) is 68.4 Å². The normalized spacial score (nSPS) is 16.1. The minimum atomic E-state index is -0.374. The highest BCUT2D eigenvalue weighted by Crippen LogP contribution is 2.42. The Hall–Kier alpha value is -4.57. The zero-order chi connectivity index (χ0) is 27.4. The molecule has 3 aliphatic heterocycles. The van der Waals surface area contributed by atoms with Crippen LogP contribution in [0.1, 0.15) is 11.1 Å². The molecule has 0 bridgehead atoms. The third-order valence-corrected chi connectivity index (χ3v) is 8.21. The van der Waals surface area contributed by atoms with Crippen LogP contribution in [-0.4, -0.2) is 55.0 Å². The Morgan fingerprint density at radius 3 is 2.50 bits per heavy atom. The Kier molecular flexibility index (Phi) is 5.85. The molecule has 4 aromatic rings. The Bertz CT molecular complexity index is 1650. The summed E-state index contributed by atoms with van der Waals surface area (Å²) in [5.41, 5.74) is 5.61. The van der Waals surface area contributed by atoms with Crippen LogP contribution in [-0.2, 0) is 19.5 Å². The first-order chi connectivity index (χ1) is 19.5. The van der Waals surface area contributed by atoms with Gasteiger partial charge in [0.1, 0.15) is 0 Å². The lowest BCUT2D eigenvalue weighted by Gasteiger charge is -2.36. The van der Waals surface area contributed by atoms with Crippen molar-refractivity contribution in [2.75, 3.05) is 45.0 Å². The number of phenolic OH excluding ortho intramolecular Hbond substituents is 1. The van der Waals surface area contributed by atoms with Gasteiger partial charge >= 0.3 is 0 Å². The van der Waals surface area contributed by atoms with Crippen molar-refractivity contribution in [1.82, 2.24) is 4.90 Å². The summed E-state index contributed by atoms with van der Waals surface area (Å²) in [5.74, 6) is 2.17. The molecule has 10 nitrogen and oxygen atoms in total. The van der Waals surface area contributed by atoms with E-state index in [1.54, 1.807) is 19.2 Å². The number of aromatic nitrogens is 1. The molecule has 0 aliphatic carbocycles. The summed E-state index contributed by atoms with van der Waals surface area (Å²) in [7, 11) is 1.58. The van der Waals surface area contributed by atoms with Gasteiger partial charge in [-0.2, -0.15) is 4.57 Å². The van der Waals surface area contributed by atoms with Crippen LogP contribution in [0.3, 0.4) is 0 Å². The van der Waals surface area contributed by atoms with Gasteiger partial charge in [0.05, 0.1) is 23.0 Å². The topological polar surface area (TPSA) is 101 Å². The number of pyridine rings is 1. The standard InChI is InChI=1S/C30H28N4O6/c1-38-29-13-20(16-31-8-10-32(11-9-31)21-2-4-22(5-3-21)34(36)37)23-14-26-24-15-28-27(39-18-40-28)12-19(24)6-7-33(26)17-25(23)30(29)35/h2-5,12-15,17H,6-11,16,18H2,1H3/p+1. The summed E-state index contributed by atoms with van der Waals surface area (Å²) in [6, 6.07) is 15.0. The molecule has 204 valence electrons. The molecule has 0 amide bonds. The number of piperazine rings is 1. The van der Waals surface area contributed by atoms with Gasteiger partial charge in [-0.15, -0.1) is 0 Å². The highest BCUT2D eigenvalue weighted by atomic mass is 16.7. The lowest BCUT2D eigenvalue weighted by Crippen LogP contribution is -2.46. The van der Waals surface area contributed by atoms with Gasteiger partial charge in [-0.3, -0.25) is 15.0 Å². The molecule has 10 heteroatoms. The second-order valence-electron chi connectivity index (χ2n) is 10.4. The SMILES string of the molecule is COc1cc(CN2CCN(c3ccc([N+](=O)[O-])cc3)CC2)c2cc3[n+](cc2c1O)CCc1cc2c(cc1-3)OCO2. The quantitative estimate of drug-likeness (QED) is 0.230. The van der Waals surface area contributed by atoms with Gasteiger partial charge in [-0.1, -0.05) is 0 Å². The number of phenols is 1. The molecule has 4 heterocycles. The fourth-order valence-corrected chi connectivity index (χ4v) is 6.05. The first-order valence-corrected chi connectivity index (χ1v) is 13.4. The van der Waals surface area contributed by atoms with E-state index in [-0.39, 0.29) is 23.2 Å². The van der Waals surface area contributed by atoms with E-state index in [1.165, 1.54) is 5.56 Å². The molecule has 0 saturated carbocycles. The summed E-state index contributed by atoms with van der Waals surface area (Å²) in [4.78, 5) is 15.3. The molecule has 0 unspecified atom stereocenters. The molecule has 1 aromatic heterocycles. The van der Waals surface area contributed by atoms with Crippen molar-refractivity contribution >= 4 is 22.1 Å². The summed E-state index contributed by atoms with van der Waals surface area (Å²) in [5, 5.41) is 23.8. The number of anilines is 1. The first kappa shape index (κ1) is 24.5. The summed E-state index contributed by atoms with van der Waals surface area (Å²) < 4.78 is 19.0. The Labute approximate surface area is 230 Å². The lowest BCUT2D eigenvalue weighted by atomic mass is 9.94. The largest absolute Gasteiger partial charge is 0.504 e. The smallest absolute Gasteiger partial charge is 0.269 e. The molecule has 1 fully saturated rings. The molecule has 7 rings (SSSR count). The molecular formula is C30H29N4O6+. The van der Waals surface area contributed by atoms with Crippen LogP contribution in [0, 0.1) is 10.1 Å². The van der Waals surface area contributed by atoms with E-state index in [4.69, 9.17) is 14.2 Å². The molecule has 0 radical (unpaired) electrons. The number of aryl methyl sites for hydroxylation is 2. The van der Waals surface area contributed by atoms with Gasteiger partial charge in [-0.25, -0.2) is 0 Å². The van der Waals surface area contributed by atoms with Crippen molar-refractivity contribution in [1.29, 1.82) is 0 Å². The van der Waals surface area contributed by atoms with Crippen molar-refractivity contribution in [3.8, 4) is 34.3 Å². The molecule has 3 aromatic carbocycles. The fourth-order valence-electron chi connectivity index (χ4n) is 6.05. The van der Waals surface area contributed by atoms with E-state index >= 15 is 0 Å². The van der Waals surface area contributed by atoms with E-state index in [0.29, 0.717) is 12.3 Å². The second-order valence-corrected chi connectivity index (χ2v) is 10.4. The minimum Gasteiger partial charge on any atom is -0.504 e. The van der Waals surface area contributed by atoms with Crippen LogP contribution >= 0.6 is 0 Å². The lowest BCUT2D eigenvalue weighted by molar-refractivity contribution is -0.686. The number of methoxy groups -OCH3 is 1. The molecule has 3 aliphatic rings. The predicted octanol–water partition coefficient (Wildman–Crippen LogP) is 4.02. The number of aromatic hydroxyl groups is 1. The number of non-ortho nitro benzene ring substituents is 1. The number of fused-ring (bicyclic) bond motifs is 5. The maximum Gasteiger partial charge on any atom is 0.269 e. The summed E-state index contributed by atoms with van der Waals surface area (Å²) >= 11 is 0. The van der Waals surface area contributed by atoms with Crippen LogP contribution in [0.15, 0.2) is 54.7 Å². The fraction of sp³-hybridized carbons (Fsp3) is 0.300. The van der Waals surface area contributed by atoms with E-state index in [0.717, 1.165) is 83.9 Å². The number of nitrogens with zero attached hydrogens (tertiary/aromatic N) is 4. The predicted molar refractivity (Wildman–Crippen MR) is 148 cm³/mol. The molecule has 0 spiro atoms. The average Bonchev–Trinajstić information content (AvgIpc) is 3.44. The summed E-state index contributed by atoms with van der Waals surface area (Å²) in [6.45, 7) is 5.06. The maximum absolute atomic E-state index is 11.1. The van der Waals surface area contributed by atoms with Gasteiger partial charge in [-0.05, 0) is 41.5 Å². The van der Waals surface area contributed by atoms with Gasteiger partial charge in [0.2, 0.25) is 12.5 Å². The third-order valence-electron chi connectivity index (χ3n) is 8.21. The zero-order valence-electron chi connectivity index (χ0n) is 22.1. The van der Waals surface area contributed by atoms with E-state index in [1.807, 2.05) is 24.4 Å². The number of nitro groups is 1. The van der Waals surface area contributed by atoms with Crippen LogP contribution in [0.4, 0.5) is 11.4 Å². The number of rotatable bonds is 5. The van der Waals surface area contributed by atoms with Gasteiger partial charge < -0.3 is 24.2 Å². The van der Waals surface area contributed by atoms with E-state index in [9.17, 15) is 15.2 Å². The van der Waals surface area contributed by atoms with Gasteiger partial charge in [0.25, 0.3) is 5.69 Å². The zero-order valence-corrected chi connectivity index (χ0v) is 22.1. The monoisotopic (exact) mass is 541 g/mol. The average molecular weight is 542 g/mol. The number of nitro benzene ring substituents is 1. The minimum absolute atomic E-state index is 0.101. The first-order valence-electron chi connectivity index (χ1n) is 13.4. The molecule has 40 heavy (non-hydrogen) atoms. The highest BCUT2D eigenvalue weighted by Gasteiger charge is 2.30. The number of ether oxygens (including phenoxy) is 3. The molecule has 0 atom stereocenters. The van der Waals surface area contributed by atoms with Crippen molar-refractivity contribution in [3.05, 3.63) is 76.0 Å².